The van der Waals surface area contributed by atoms with Crippen molar-refractivity contribution in [2.24, 2.45) is 11.8 Å². The maximum atomic E-state index is 2.83. The summed E-state index contributed by atoms with van der Waals surface area (Å²) in [6.45, 7) is 3.85. The molecule has 1 saturated carbocycles. The molecule has 0 amide bonds. The van der Waals surface area contributed by atoms with Crippen LogP contribution < -0.4 is 0 Å². The van der Waals surface area contributed by atoms with Crippen LogP contribution in [0.5, 0.6) is 0 Å². The molecule has 0 aromatic carbocycles. The van der Waals surface area contributed by atoms with Gasteiger partial charge < -0.3 is 0 Å². The molecule has 0 spiro atoms. The fraction of sp³-hybridized carbons (Fsp3) is 1.00. The van der Waals surface area contributed by atoms with Crippen LogP contribution in [0.25, 0.3) is 0 Å². The van der Waals surface area contributed by atoms with Gasteiger partial charge in [-0.2, -0.15) is 0 Å². The van der Waals surface area contributed by atoms with Crippen LogP contribution in [0.15, 0.2) is 0 Å². The zero-order valence-corrected chi connectivity index (χ0v) is 8.00. The van der Waals surface area contributed by atoms with Crippen LogP contribution in [0.3, 0.4) is 0 Å². The van der Waals surface area contributed by atoms with E-state index in [1.807, 2.05) is 0 Å². The predicted octanol–water partition coefficient (Wildman–Crippen LogP) is 2.27. The van der Waals surface area contributed by atoms with E-state index in [1.165, 1.54) is 38.6 Å². The molecule has 0 radical (unpaired) electrons. The van der Waals surface area contributed by atoms with Crippen LogP contribution in [-0.2, 0) is 0 Å². The fourth-order valence-electron chi connectivity index (χ4n) is 3.93. The largest absolute Gasteiger partial charge is 0.297 e. The molecule has 2 aliphatic heterocycles. The highest BCUT2D eigenvalue weighted by atomic mass is 15.2. The lowest BCUT2D eigenvalue weighted by atomic mass is 9.99. The van der Waals surface area contributed by atoms with Crippen LogP contribution >= 0.6 is 0 Å². The standard InChI is InChI=1S/C11H19N/c1-8-5-9-7-10-3-2-4-12(10)11(9)6-8/h8-11H,2-7H2,1H3/t8-,9-,10-,11+/m0/s1. The average Bonchev–Trinajstić information content (AvgIpc) is 2.59. The highest BCUT2D eigenvalue weighted by Crippen LogP contribution is 2.46. The van der Waals surface area contributed by atoms with E-state index in [0.717, 1.165) is 23.9 Å². The third-order valence-corrected chi connectivity index (χ3v) is 4.32. The molecule has 0 aromatic rings. The van der Waals surface area contributed by atoms with Crippen molar-refractivity contribution in [2.45, 2.75) is 51.1 Å². The summed E-state index contributed by atoms with van der Waals surface area (Å²) in [6.07, 6.45) is 7.54. The second-order valence-corrected chi connectivity index (χ2v) is 5.17. The molecule has 4 atom stereocenters. The second-order valence-electron chi connectivity index (χ2n) is 5.17. The molecule has 1 aliphatic carbocycles. The molecule has 3 aliphatic rings. The Balaban J connectivity index is 1.80. The summed E-state index contributed by atoms with van der Waals surface area (Å²) in [7, 11) is 0. The van der Waals surface area contributed by atoms with Crippen LogP contribution in [0.1, 0.15) is 39.0 Å². The minimum Gasteiger partial charge on any atom is -0.297 e. The van der Waals surface area contributed by atoms with Crippen molar-refractivity contribution in [3.63, 3.8) is 0 Å². The summed E-state index contributed by atoms with van der Waals surface area (Å²) < 4.78 is 0. The van der Waals surface area contributed by atoms with E-state index in [-0.39, 0.29) is 0 Å². The minimum absolute atomic E-state index is 1.01. The van der Waals surface area contributed by atoms with Crippen molar-refractivity contribution < 1.29 is 0 Å². The zero-order chi connectivity index (χ0) is 8.13. The van der Waals surface area contributed by atoms with Gasteiger partial charge in [0.25, 0.3) is 0 Å². The van der Waals surface area contributed by atoms with Gasteiger partial charge in [-0.05, 0) is 50.5 Å². The summed E-state index contributed by atoms with van der Waals surface area (Å²) in [6, 6.07) is 2.01. The zero-order valence-electron chi connectivity index (χ0n) is 8.00. The first kappa shape index (κ1) is 7.37. The average molecular weight is 165 g/mol. The lowest BCUT2D eigenvalue weighted by Crippen LogP contribution is -2.31. The summed E-state index contributed by atoms with van der Waals surface area (Å²) in [5.74, 6) is 2.10. The molecule has 3 fully saturated rings. The van der Waals surface area contributed by atoms with E-state index < -0.39 is 0 Å². The molecule has 3 rings (SSSR count). The molecular formula is C11H19N. The van der Waals surface area contributed by atoms with Gasteiger partial charge in [0.2, 0.25) is 0 Å². The van der Waals surface area contributed by atoms with Gasteiger partial charge in [0.1, 0.15) is 0 Å². The molecule has 0 unspecified atom stereocenters. The Labute approximate surface area is 75.1 Å². The topological polar surface area (TPSA) is 3.24 Å². The highest BCUT2D eigenvalue weighted by molar-refractivity contribution is 5.01. The third kappa shape index (κ3) is 0.891. The van der Waals surface area contributed by atoms with Gasteiger partial charge in [-0.1, -0.05) is 6.92 Å². The number of hydrogen-bond acceptors (Lipinski definition) is 1. The Bertz CT molecular complexity index is 189. The van der Waals surface area contributed by atoms with Crippen LogP contribution in [0, 0.1) is 11.8 Å². The SMILES string of the molecule is C[C@H]1C[C@H]2C[C@@H]3CCCN3[C@@H]2C1. The normalized spacial score (nSPS) is 52.8. The number of nitrogens with zero attached hydrogens (tertiary/aromatic N) is 1. The van der Waals surface area contributed by atoms with E-state index >= 15 is 0 Å². The third-order valence-electron chi connectivity index (χ3n) is 4.32. The van der Waals surface area contributed by atoms with E-state index in [1.54, 1.807) is 0 Å². The number of hydrogen-bond donors (Lipinski definition) is 0. The molecule has 68 valence electrons. The van der Waals surface area contributed by atoms with Gasteiger partial charge in [0.15, 0.2) is 0 Å². The monoisotopic (exact) mass is 165 g/mol. The highest BCUT2D eigenvalue weighted by Gasteiger charge is 2.46. The van der Waals surface area contributed by atoms with Gasteiger partial charge in [-0.15, -0.1) is 0 Å². The van der Waals surface area contributed by atoms with E-state index in [2.05, 4.69) is 11.8 Å². The smallest absolute Gasteiger partial charge is 0.0130 e. The Morgan fingerprint density at radius 3 is 3.00 bits per heavy atom. The van der Waals surface area contributed by atoms with Crippen molar-refractivity contribution >= 4 is 0 Å². The Kier molecular flexibility index (Phi) is 1.52. The predicted molar refractivity (Wildman–Crippen MR) is 50.0 cm³/mol. The number of fused-ring (bicyclic) bond motifs is 3. The molecular weight excluding hydrogens is 146 g/mol. The van der Waals surface area contributed by atoms with Gasteiger partial charge in [0, 0.05) is 12.1 Å². The van der Waals surface area contributed by atoms with E-state index in [9.17, 15) is 0 Å². The first-order valence-electron chi connectivity index (χ1n) is 5.60. The summed E-state index contributed by atoms with van der Waals surface area (Å²) in [5, 5.41) is 0. The minimum atomic E-state index is 1.01. The van der Waals surface area contributed by atoms with Gasteiger partial charge in [-0.3, -0.25) is 4.90 Å². The molecule has 1 heteroatoms. The molecule has 0 aromatic heterocycles. The van der Waals surface area contributed by atoms with Crippen molar-refractivity contribution in [1.29, 1.82) is 0 Å². The molecule has 0 N–H and O–H groups in total. The Morgan fingerprint density at radius 2 is 2.08 bits per heavy atom. The summed E-state index contributed by atoms with van der Waals surface area (Å²) in [5.41, 5.74) is 0. The second kappa shape index (κ2) is 2.47. The van der Waals surface area contributed by atoms with E-state index in [0.29, 0.717) is 0 Å². The quantitative estimate of drug-likeness (QED) is 0.532. The van der Waals surface area contributed by atoms with Crippen LogP contribution in [0.4, 0.5) is 0 Å². The maximum absolute atomic E-state index is 2.83. The van der Waals surface area contributed by atoms with E-state index in [4.69, 9.17) is 0 Å². The lowest BCUT2D eigenvalue weighted by molar-refractivity contribution is 0.231. The molecule has 2 saturated heterocycles. The molecule has 12 heavy (non-hydrogen) atoms. The van der Waals surface area contributed by atoms with Crippen LogP contribution in [0.2, 0.25) is 0 Å². The van der Waals surface area contributed by atoms with Gasteiger partial charge in [-0.25, -0.2) is 0 Å². The Hall–Kier alpha value is -0.0400. The van der Waals surface area contributed by atoms with Gasteiger partial charge in [0.05, 0.1) is 0 Å². The van der Waals surface area contributed by atoms with Crippen molar-refractivity contribution in [3.8, 4) is 0 Å². The fourth-order valence-corrected chi connectivity index (χ4v) is 3.93. The van der Waals surface area contributed by atoms with Crippen molar-refractivity contribution in [2.75, 3.05) is 6.54 Å². The molecule has 2 heterocycles. The maximum Gasteiger partial charge on any atom is 0.0130 e. The first-order chi connectivity index (χ1) is 5.84. The van der Waals surface area contributed by atoms with Crippen molar-refractivity contribution in [1.82, 2.24) is 4.90 Å². The lowest BCUT2D eigenvalue weighted by Gasteiger charge is -2.22. The summed E-state index contributed by atoms with van der Waals surface area (Å²) in [4.78, 5) is 2.83. The number of rotatable bonds is 0. The summed E-state index contributed by atoms with van der Waals surface area (Å²) >= 11 is 0. The molecule has 1 nitrogen and oxygen atoms in total. The Morgan fingerprint density at radius 1 is 1.17 bits per heavy atom. The van der Waals surface area contributed by atoms with Crippen molar-refractivity contribution in [3.05, 3.63) is 0 Å². The molecule has 0 bridgehead atoms. The first-order valence-corrected chi connectivity index (χ1v) is 5.60. The van der Waals surface area contributed by atoms with Crippen LogP contribution in [-0.4, -0.2) is 23.5 Å². The van der Waals surface area contributed by atoms with Gasteiger partial charge >= 0.3 is 0 Å².